The van der Waals surface area contributed by atoms with Crippen LogP contribution >= 0.6 is 0 Å². The van der Waals surface area contributed by atoms with Crippen molar-refractivity contribution in [2.45, 2.75) is 6.92 Å². The summed E-state index contributed by atoms with van der Waals surface area (Å²) in [6.45, 7) is 1.96. The highest BCUT2D eigenvalue weighted by Crippen LogP contribution is 2.20. The van der Waals surface area contributed by atoms with Crippen molar-refractivity contribution in [2.24, 2.45) is 5.10 Å². The van der Waals surface area contributed by atoms with Crippen molar-refractivity contribution in [2.75, 3.05) is 11.2 Å². The molecule has 104 valence electrons. The molecule has 0 bridgehead atoms. The summed E-state index contributed by atoms with van der Waals surface area (Å²) in [5.74, 6) is 0. The van der Waals surface area contributed by atoms with Crippen molar-refractivity contribution < 1.29 is 0 Å². The van der Waals surface area contributed by atoms with Gasteiger partial charge in [0.1, 0.15) is 0 Å². The Kier molecular flexibility index (Phi) is 3.51. The molecule has 0 saturated carbocycles. The Bertz CT molecular complexity index is 786. The van der Waals surface area contributed by atoms with Crippen LogP contribution in [0, 0.1) is 0 Å². The Balaban J connectivity index is 1.88. The molecule has 0 atom stereocenters. The van der Waals surface area contributed by atoms with Gasteiger partial charge < -0.3 is 5.73 Å². The molecule has 21 heavy (non-hydrogen) atoms. The van der Waals surface area contributed by atoms with Gasteiger partial charge in [-0.05, 0) is 36.8 Å². The number of aromatic nitrogens is 1. The van der Waals surface area contributed by atoms with Crippen LogP contribution in [-0.2, 0) is 0 Å². The van der Waals surface area contributed by atoms with Crippen molar-refractivity contribution in [3.05, 3.63) is 66.4 Å². The molecule has 1 aromatic heterocycles. The van der Waals surface area contributed by atoms with Gasteiger partial charge in [0, 0.05) is 17.3 Å². The van der Waals surface area contributed by atoms with Gasteiger partial charge in [0.2, 0.25) is 0 Å². The number of nitrogen functional groups attached to an aromatic ring is 1. The number of hydrazone groups is 1. The average Bonchev–Trinajstić information content (AvgIpc) is 2.53. The van der Waals surface area contributed by atoms with Gasteiger partial charge in [0.15, 0.2) is 0 Å². The minimum atomic E-state index is 0.748. The molecule has 3 rings (SSSR count). The minimum Gasteiger partial charge on any atom is -0.399 e. The standard InChI is InChI=1S/C17H16N4/c1-12(13-7-9-15(18)10-8-13)20-21-16-6-2-4-14-5-3-11-19-17(14)16/h2-11,21H,18H2,1H3/b20-12+. The van der Waals surface area contributed by atoms with Crippen LogP contribution in [0.5, 0.6) is 0 Å². The van der Waals surface area contributed by atoms with E-state index in [1.54, 1.807) is 6.20 Å². The van der Waals surface area contributed by atoms with E-state index in [9.17, 15) is 0 Å². The van der Waals surface area contributed by atoms with Crippen LogP contribution in [0.3, 0.4) is 0 Å². The quantitative estimate of drug-likeness (QED) is 0.436. The first-order chi connectivity index (χ1) is 10.2. The molecule has 0 fully saturated rings. The van der Waals surface area contributed by atoms with E-state index in [2.05, 4.69) is 15.5 Å². The second kappa shape index (κ2) is 5.63. The lowest BCUT2D eigenvalue weighted by atomic mass is 10.1. The summed E-state index contributed by atoms with van der Waals surface area (Å²) in [5, 5.41) is 5.52. The lowest BCUT2D eigenvalue weighted by molar-refractivity contribution is 1.31. The number of nitrogens with one attached hydrogen (secondary N) is 1. The van der Waals surface area contributed by atoms with Crippen molar-refractivity contribution in [3.8, 4) is 0 Å². The molecule has 3 aromatic rings. The SMILES string of the molecule is C/C(=N\Nc1cccc2cccnc12)c1ccc(N)cc1. The van der Waals surface area contributed by atoms with Crippen molar-refractivity contribution in [1.29, 1.82) is 0 Å². The highest BCUT2D eigenvalue weighted by atomic mass is 15.3. The van der Waals surface area contributed by atoms with Crippen LogP contribution < -0.4 is 11.2 Å². The molecule has 0 amide bonds. The van der Waals surface area contributed by atoms with Crippen LogP contribution in [0.2, 0.25) is 0 Å². The highest BCUT2D eigenvalue weighted by molar-refractivity contribution is 6.00. The molecule has 0 aliphatic carbocycles. The van der Waals surface area contributed by atoms with E-state index >= 15 is 0 Å². The van der Waals surface area contributed by atoms with E-state index in [1.807, 2.05) is 61.5 Å². The Morgan fingerprint density at radius 3 is 2.62 bits per heavy atom. The number of hydrogen-bond acceptors (Lipinski definition) is 4. The third-order valence-electron chi connectivity index (χ3n) is 3.31. The summed E-state index contributed by atoms with van der Waals surface area (Å²) < 4.78 is 0. The molecule has 0 saturated heterocycles. The topological polar surface area (TPSA) is 63.3 Å². The van der Waals surface area contributed by atoms with Gasteiger partial charge in [-0.25, -0.2) is 0 Å². The first-order valence-electron chi connectivity index (χ1n) is 6.74. The van der Waals surface area contributed by atoms with Crippen LogP contribution in [0.4, 0.5) is 11.4 Å². The number of rotatable bonds is 3. The molecular formula is C17H16N4. The van der Waals surface area contributed by atoms with E-state index in [0.29, 0.717) is 0 Å². The van der Waals surface area contributed by atoms with Gasteiger partial charge in [-0.1, -0.05) is 30.3 Å². The monoisotopic (exact) mass is 276 g/mol. The van der Waals surface area contributed by atoms with Crippen LogP contribution in [0.1, 0.15) is 12.5 Å². The summed E-state index contributed by atoms with van der Waals surface area (Å²) in [5.41, 5.74) is 13.3. The number of para-hydroxylation sites is 1. The van der Waals surface area contributed by atoms with Gasteiger partial charge in [-0.2, -0.15) is 5.10 Å². The average molecular weight is 276 g/mol. The molecular weight excluding hydrogens is 260 g/mol. The zero-order chi connectivity index (χ0) is 14.7. The second-order valence-corrected chi connectivity index (χ2v) is 4.81. The molecule has 0 aliphatic heterocycles. The Morgan fingerprint density at radius 2 is 1.81 bits per heavy atom. The zero-order valence-corrected chi connectivity index (χ0v) is 11.7. The van der Waals surface area contributed by atoms with Gasteiger partial charge in [-0.3, -0.25) is 10.4 Å². The second-order valence-electron chi connectivity index (χ2n) is 4.81. The first kappa shape index (κ1) is 13.1. The van der Waals surface area contributed by atoms with Gasteiger partial charge in [0.25, 0.3) is 0 Å². The number of nitrogens with zero attached hydrogens (tertiary/aromatic N) is 2. The molecule has 0 spiro atoms. The summed E-state index contributed by atoms with van der Waals surface area (Å²) in [7, 11) is 0. The van der Waals surface area contributed by atoms with Crippen molar-refractivity contribution in [3.63, 3.8) is 0 Å². The van der Waals surface area contributed by atoms with Crippen molar-refractivity contribution in [1.82, 2.24) is 4.98 Å². The minimum absolute atomic E-state index is 0.748. The van der Waals surface area contributed by atoms with Gasteiger partial charge in [0.05, 0.1) is 16.9 Å². The van der Waals surface area contributed by atoms with Crippen LogP contribution in [0.15, 0.2) is 65.9 Å². The Hall–Kier alpha value is -2.88. The maximum atomic E-state index is 5.69. The number of anilines is 2. The maximum absolute atomic E-state index is 5.69. The van der Waals surface area contributed by atoms with E-state index in [4.69, 9.17) is 5.73 Å². The fourth-order valence-corrected chi connectivity index (χ4v) is 2.13. The number of hydrogen-bond donors (Lipinski definition) is 2. The molecule has 0 unspecified atom stereocenters. The third kappa shape index (κ3) is 2.84. The fraction of sp³-hybridized carbons (Fsp3) is 0.0588. The largest absolute Gasteiger partial charge is 0.399 e. The molecule has 3 N–H and O–H groups in total. The number of fused-ring (bicyclic) bond motifs is 1. The summed E-state index contributed by atoms with van der Waals surface area (Å²) in [6.07, 6.45) is 1.78. The van der Waals surface area contributed by atoms with E-state index < -0.39 is 0 Å². The maximum Gasteiger partial charge on any atom is 0.0951 e. The van der Waals surface area contributed by atoms with E-state index in [0.717, 1.165) is 33.6 Å². The summed E-state index contributed by atoms with van der Waals surface area (Å²) in [6, 6.07) is 17.6. The first-order valence-corrected chi connectivity index (χ1v) is 6.74. The summed E-state index contributed by atoms with van der Waals surface area (Å²) >= 11 is 0. The van der Waals surface area contributed by atoms with Crippen molar-refractivity contribution >= 4 is 28.0 Å². The molecule has 4 nitrogen and oxygen atoms in total. The number of benzene rings is 2. The molecule has 1 heterocycles. The Morgan fingerprint density at radius 1 is 1.05 bits per heavy atom. The van der Waals surface area contributed by atoms with Gasteiger partial charge in [-0.15, -0.1) is 0 Å². The molecule has 2 aromatic carbocycles. The lowest BCUT2D eigenvalue weighted by Crippen LogP contribution is -2.00. The predicted molar refractivity (Wildman–Crippen MR) is 88.4 cm³/mol. The molecule has 0 aliphatic rings. The summed E-state index contributed by atoms with van der Waals surface area (Å²) in [4.78, 5) is 4.40. The fourth-order valence-electron chi connectivity index (χ4n) is 2.13. The lowest BCUT2D eigenvalue weighted by Gasteiger charge is -2.06. The molecule has 0 radical (unpaired) electrons. The normalized spacial score (nSPS) is 11.6. The Labute approximate surface area is 123 Å². The zero-order valence-electron chi connectivity index (χ0n) is 11.7. The predicted octanol–water partition coefficient (Wildman–Crippen LogP) is 3.65. The number of nitrogens with two attached hydrogens (primary N) is 1. The highest BCUT2D eigenvalue weighted by Gasteiger charge is 2.01. The smallest absolute Gasteiger partial charge is 0.0951 e. The molecule has 4 heteroatoms. The third-order valence-corrected chi connectivity index (χ3v) is 3.31. The van der Waals surface area contributed by atoms with Crippen LogP contribution in [-0.4, -0.2) is 10.7 Å². The van der Waals surface area contributed by atoms with Gasteiger partial charge >= 0.3 is 0 Å². The number of pyridine rings is 1. The van der Waals surface area contributed by atoms with Crippen LogP contribution in [0.25, 0.3) is 10.9 Å². The van der Waals surface area contributed by atoms with E-state index in [1.165, 1.54) is 0 Å². The van der Waals surface area contributed by atoms with E-state index in [-0.39, 0.29) is 0 Å².